The molecule has 1 amide bonds. The lowest BCUT2D eigenvalue weighted by Gasteiger charge is -2.11. The van der Waals surface area contributed by atoms with Crippen molar-refractivity contribution in [2.75, 3.05) is 46.2 Å². The molecule has 1 heterocycles. The topological polar surface area (TPSA) is 79.4 Å². The first kappa shape index (κ1) is 19.7. The first-order valence-electron chi connectivity index (χ1n) is 8.63. The van der Waals surface area contributed by atoms with E-state index < -0.39 is 0 Å². The fourth-order valence-electron chi connectivity index (χ4n) is 2.39. The molecule has 0 bridgehead atoms. The molecule has 2 aromatic rings. The maximum absolute atomic E-state index is 12.4. The number of aryl methyl sites for hydroxylation is 1. The number of anilines is 1. The van der Waals surface area contributed by atoms with Crippen molar-refractivity contribution in [2.24, 2.45) is 0 Å². The average molecular weight is 357 g/mol. The molecule has 2 N–H and O–H groups in total. The third kappa shape index (κ3) is 6.33. The molecule has 0 fully saturated rings. The fourth-order valence-corrected chi connectivity index (χ4v) is 2.39. The highest BCUT2D eigenvalue weighted by Crippen LogP contribution is 2.12. The van der Waals surface area contributed by atoms with E-state index in [2.05, 4.69) is 25.5 Å². The quantitative estimate of drug-likeness (QED) is 0.712. The van der Waals surface area contributed by atoms with Gasteiger partial charge in [-0.25, -0.2) is 9.97 Å². The first-order chi connectivity index (χ1) is 12.5. The Morgan fingerprint density at radius 3 is 2.73 bits per heavy atom. The number of methoxy groups -OCH3 is 1. The highest BCUT2D eigenvalue weighted by atomic mass is 16.5. The van der Waals surface area contributed by atoms with Crippen LogP contribution in [0.4, 0.5) is 5.95 Å². The van der Waals surface area contributed by atoms with Gasteiger partial charge in [0, 0.05) is 25.3 Å². The summed E-state index contributed by atoms with van der Waals surface area (Å²) in [6.07, 6.45) is 0.723. The molecule has 0 unspecified atom stereocenters. The molecule has 0 spiro atoms. The number of hydrogen-bond donors (Lipinski definition) is 2. The number of carbonyl (C=O) groups is 1. The number of benzene rings is 1. The SMILES string of the molecule is COc1cccc(CCNC(=O)c2cc(C)nc(NCCN(C)C)n2)c1. The van der Waals surface area contributed by atoms with E-state index in [4.69, 9.17) is 4.74 Å². The summed E-state index contributed by atoms with van der Waals surface area (Å²) in [5.74, 6) is 1.09. The van der Waals surface area contributed by atoms with Crippen molar-refractivity contribution < 1.29 is 9.53 Å². The van der Waals surface area contributed by atoms with Crippen LogP contribution in [0.2, 0.25) is 0 Å². The molecule has 2 rings (SSSR count). The zero-order valence-electron chi connectivity index (χ0n) is 15.9. The standard InChI is InChI=1S/C19H27N5O2/c1-14-12-17(23-19(22-14)21-10-11-24(2)3)18(25)20-9-8-15-6-5-7-16(13-15)26-4/h5-7,12-13H,8-11H2,1-4H3,(H,20,25)(H,21,22,23). The second kappa shape index (κ2) is 9.72. The van der Waals surface area contributed by atoms with E-state index >= 15 is 0 Å². The zero-order valence-corrected chi connectivity index (χ0v) is 15.9. The molecule has 26 heavy (non-hydrogen) atoms. The van der Waals surface area contributed by atoms with E-state index in [1.54, 1.807) is 13.2 Å². The molecular weight excluding hydrogens is 330 g/mol. The summed E-state index contributed by atoms with van der Waals surface area (Å²) < 4.78 is 5.21. The minimum Gasteiger partial charge on any atom is -0.497 e. The van der Waals surface area contributed by atoms with Crippen molar-refractivity contribution in [1.82, 2.24) is 20.2 Å². The van der Waals surface area contributed by atoms with Gasteiger partial charge in [-0.1, -0.05) is 12.1 Å². The van der Waals surface area contributed by atoms with Crippen LogP contribution >= 0.6 is 0 Å². The van der Waals surface area contributed by atoms with Crippen LogP contribution < -0.4 is 15.4 Å². The van der Waals surface area contributed by atoms with Gasteiger partial charge in [0.15, 0.2) is 0 Å². The molecule has 1 aromatic carbocycles. The van der Waals surface area contributed by atoms with Gasteiger partial charge in [0.2, 0.25) is 5.95 Å². The molecular formula is C19H27N5O2. The summed E-state index contributed by atoms with van der Waals surface area (Å²) in [4.78, 5) is 23.1. The lowest BCUT2D eigenvalue weighted by Crippen LogP contribution is -2.27. The summed E-state index contributed by atoms with van der Waals surface area (Å²) in [7, 11) is 5.64. The number of amides is 1. The van der Waals surface area contributed by atoms with E-state index in [1.165, 1.54) is 0 Å². The molecule has 140 valence electrons. The van der Waals surface area contributed by atoms with Crippen molar-refractivity contribution >= 4 is 11.9 Å². The maximum atomic E-state index is 12.4. The number of likely N-dealkylation sites (N-methyl/N-ethyl adjacent to an activating group) is 1. The Bertz CT molecular complexity index is 734. The molecule has 0 saturated carbocycles. The number of nitrogens with one attached hydrogen (secondary N) is 2. The summed E-state index contributed by atoms with van der Waals surface area (Å²) in [5.41, 5.74) is 2.23. The third-order valence-corrected chi connectivity index (χ3v) is 3.76. The summed E-state index contributed by atoms with van der Waals surface area (Å²) in [5, 5.41) is 6.06. The van der Waals surface area contributed by atoms with Crippen molar-refractivity contribution in [1.29, 1.82) is 0 Å². The molecule has 7 heteroatoms. The van der Waals surface area contributed by atoms with Crippen LogP contribution in [0.1, 0.15) is 21.7 Å². The Hall–Kier alpha value is -2.67. The van der Waals surface area contributed by atoms with Gasteiger partial charge < -0.3 is 20.3 Å². The number of nitrogens with zero attached hydrogens (tertiary/aromatic N) is 3. The van der Waals surface area contributed by atoms with Gasteiger partial charge in [0.1, 0.15) is 11.4 Å². The van der Waals surface area contributed by atoms with Crippen LogP contribution in [0, 0.1) is 6.92 Å². The van der Waals surface area contributed by atoms with Gasteiger partial charge in [-0.15, -0.1) is 0 Å². The number of ether oxygens (including phenoxy) is 1. The van der Waals surface area contributed by atoms with Crippen LogP contribution in [-0.4, -0.2) is 61.6 Å². The van der Waals surface area contributed by atoms with E-state index in [1.807, 2.05) is 45.3 Å². The third-order valence-electron chi connectivity index (χ3n) is 3.76. The summed E-state index contributed by atoms with van der Waals surface area (Å²) in [6, 6.07) is 9.51. The lowest BCUT2D eigenvalue weighted by molar-refractivity contribution is 0.0949. The van der Waals surface area contributed by atoms with Crippen molar-refractivity contribution in [3.8, 4) is 5.75 Å². The summed E-state index contributed by atoms with van der Waals surface area (Å²) >= 11 is 0. The smallest absolute Gasteiger partial charge is 0.270 e. The predicted octanol–water partition coefficient (Wildman–Crippen LogP) is 1.74. The van der Waals surface area contributed by atoms with Crippen LogP contribution in [0.25, 0.3) is 0 Å². The Labute approximate surface area is 154 Å². The van der Waals surface area contributed by atoms with Crippen molar-refractivity contribution in [3.63, 3.8) is 0 Å². The monoisotopic (exact) mass is 357 g/mol. The molecule has 1 aromatic heterocycles. The predicted molar refractivity (Wildman–Crippen MR) is 103 cm³/mol. The van der Waals surface area contributed by atoms with Crippen LogP contribution in [0.5, 0.6) is 5.75 Å². The molecule has 0 saturated heterocycles. The van der Waals surface area contributed by atoms with Crippen LogP contribution in [0.3, 0.4) is 0 Å². The van der Waals surface area contributed by atoms with Gasteiger partial charge >= 0.3 is 0 Å². The molecule has 7 nitrogen and oxygen atoms in total. The number of hydrogen-bond acceptors (Lipinski definition) is 6. The second-order valence-electron chi connectivity index (χ2n) is 6.31. The van der Waals surface area contributed by atoms with E-state index in [0.717, 1.165) is 30.0 Å². The van der Waals surface area contributed by atoms with E-state index in [9.17, 15) is 4.79 Å². The Morgan fingerprint density at radius 2 is 2.00 bits per heavy atom. The van der Waals surface area contributed by atoms with E-state index in [-0.39, 0.29) is 5.91 Å². The highest BCUT2D eigenvalue weighted by molar-refractivity contribution is 5.92. The van der Waals surface area contributed by atoms with Gasteiger partial charge in [-0.05, 0) is 51.2 Å². The normalized spacial score (nSPS) is 10.7. The minimum atomic E-state index is -0.200. The molecule has 0 atom stereocenters. The van der Waals surface area contributed by atoms with Gasteiger partial charge in [-0.2, -0.15) is 0 Å². The van der Waals surface area contributed by atoms with E-state index in [0.29, 0.717) is 24.7 Å². The van der Waals surface area contributed by atoms with Gasteiger partial charge in [0.05, 0.1) is 7.11 Å². The molecule has 0 radical (unpaired) electrons. The maximum Gasteiger partial charge on any atom is 0.270 e. The fraction of sp³-hybridized carbons (Fsp3) is 0.421. The average Bonchev–Trinajstić information content (AvgIpc) is 2.61. The molecule has 0 aliphatic rings. The highest BCUT2D eigenvalue weighted by Gasteiger charge is 2.10. The number of carbonyl (C=O) groups excluding carboxylic acids is 1. The van der Waals surface area contributed by atoms with Gasteiger partial charge in [0.25, 0.3) is 5.91 Å². The van der Waals surface area contributed by atoms with Crippen LogP contribution in [-0.2, 0) is 6.42 Å². The largest absolute Gasteiger partial charge is 0.497 e. The van der Waals surface area contributed by atoms with Crippen molar-refractivity contribution in [3.05, 3.63) is 47.3 Å². The first-order valence-corrected chi connectivity index (χ1v) is 8.63. The van der Waals surface area contributed by atoms with Crippen molar-refractivity contribution in [2.45, 2.75) is 13.3 Å². The molecule has 0 aliphatic heterocycles. The summed E-state index contributed by atoms with van der Waals surface area (Å²) in [6.45, 7) is 3.96. The minimum absolute atomic E-state index is 0.200. The Balaban J connectivity index is 1.90. The molecule has 0 aliphatic carbocycles. The Kier molecular flexibility index (Phi) is 7.35. The van der Waals surface area contributed by atoms with Crippen LogP contribution in [0.15, 0.2) is 30.3 Å². The van der Waals surface area contributed by atoms with Gasteiger partial charge in [-0.3, -0.25) is 4.79 Å². The lowest BCUT2D eigenvalue weighted by atomic mass is 10.1. The number of aromatic nitrogens is 2. The second-order valence-corrected chi connectivity index (χ2v) is 6.31. The zero-order chi connectivity index (χ0) is 18.9. The number of rotatable bonds is 9. The Morgan fingerprint density at radius 1 is 1.19 bits per heavy atom.